The molecule has 1 aliphatic rings. The Morgan fingerprint density at radius 2 is 2.29 bits per heavy atom. The zero-order valence-electron chi connectivity index (χ0n) is 8.63. The molecule has 2 rings (SSSR count). The Labute approximate surface area is 84.3 Å². The minimum absolute atomic E-state index is 0.397. The molecule has 3 N–H and O–H groups in total. The van der Waals surface area contributed by atoms with Gasteiger partial charge in [-0.3, -0.25) is 0 Å². The number of anilines is 1. The van der Waals surface area contributed by atoms with E-state index in [0.717, 1.165) is 24.4 Å². The van der Waals surface area contributed by atoms with Crippen LogP contribution >= 0.6 is 0 Å². The highest BCUT2D eigenvalue weighted by atomic mass is 16.5. The first-order valence-electron chi connectivity index (χ1n) is 4.92. The Hall–Kier alpha value is -1.22. The average molecular weight is 192 g/mol. The van der Waals surface area contributed by atoms with Crippen molar-refractivity contribution in [1.82, 2.24) is 5.32 Å². The number of benzene rings is 1. The van der Waals surface area contributed by atoms with Gasteiger partial charge in [-0.2, -0.15) is 0 Å². The molecule has 1 atom stereocenters. The molecule has 1 aliphatic heterocycles. The molecule has 3 heteroatoms. The molecule has 0 amide bonds. The molecule has 0 aromatic heterocycles. The van der Waals surface area contributed by atoms with Gasteiger partial charge in [0.25, 0.3) is 0 Å². The predicted octanol–water partition coefficient (Wildman–Crippen LogP) is 1.48. The standard InChI is InChI=1S/C11H16N2O/c1-7-9-6-11(14-2)10(12)5-8(9)3-4-13-7/h5-7,13H,3-4,12H2,1-2H3. The molecular formula is C11H16N2O. The lowest BCUT2D eigenvalue weighted by molar-refractivity contribution is 0.414. The van der Waals surface area contributed by atoms with Crippen molar-refractivity contribution in [2.24, 2.45) is 0 Å². The third-order valence-electron chi connectivity index (χ3n) is 2.80. The van der Waals surface area contributed by atoms with Gasteiger partial charge >= 0.3 is 0 Å². The van der Waals surface area contributed by atoms with Crippen molar-refractivity contribution < 1.29 is 4.74 Å². The van der Waals surface area contributed by atoms with E-state index >= 15 is 0 Å². The van der Waals surface area contributed by atoms with Crippen LogP contribution in [0.1, 0.15) is 24.1 Å². The van der Waals surface area contributed by atoms with E-state index in [1.807, 2.05) is 12.1 Å². The summed E-state index contributed by atoms with van der Waals surface area (Å²) in [4.78, 5) is 0. The summed E-state index contributed by atoms with van der Waals surface area (Å²) in [6.45, 7) is 3.19. The molecule has 1 aromatic rings. The summed E-state index contributed by atoms with van der Waals surface area (Å²) in [5.74, 6) is 0.777. The van der Waals surface area contributed by atoms with Crippen molar-refractivity contribution in [2.75, 3.05) is 19.4 Å². The Balaban J connectivity index is 2.49. The topological polar surface area (TPSA) is 47.3 Å². The normalized spacial score (nSPS) is 20.3. The van der Waals surface area contributed by atoms with Crippen LogP contribution in [0.2, 0.25) is 0 Å². The molecule has 3 nitrogen and oxygen atoms in total. The number of methoxy groups -OCH3 is 1. The lowest BCUT2D eigenvalue weighted by Crippen LogP contribution is -2.27. The van der Waals surface area contributed by atoms with Gasteiger partial charge in [-0.1, -0.05) is 0 Å². The number of ether oxygens (including phenoxy) is 1. The summed E-state index contributed by atoms with van der Waals surface area (Å²) in [7, 11) is 1.65. The number of hydrogen-bond donors (Lipinski definition) is 2. The van der Waals surface area contributed by atoms with Crippen LogP contribution in [0.4, 0.5) is 5.69 Å². The van der Waals surface area contributed by atoms with E-state index in [1.54, 1.807) is 7.11 Å². The van der Waals surface area contributed by atoms with E-state index in [-0.39, 0.29) is 0 Å². The van der Waals surface area contributed by atoms with E-state index in [1.165, 1.54) is 11.1 Å². The molecular weight excluding hydrogens is 176 g/mol. The molecule has 0 fully saturated rings. The number of fused-ring (bicyclic) bond motifs is 1. The molecule has 0 saturated carbocycles. The Morgan fingerprint density at radius 1 is 1.50 bits per heavy atom. The molecule has 76 valence electrons. The summed E-state index contributed by atoms with van der Waals surface area (Å²) in [6, 6.07) is 4.47. The van der Waals surface area contributed by atoms with Crippen LogP contribution in [0, 0.1) is 0 Å². The fourth-order valence-electron chi connectivity index (χ4n) is 1.99. The van der Waals surface area contributed by atoms with Crippen LogP contribution < -0.4 is 15.8 Å². The van der Waals surface area contributed by atoms with Crippen molar-refractivity contribution in [3.63, 3.8) is 0 Å². The first-order valence-corrected chi connectivity index (χ1v) is 4.92. The predicted molar refractivity (Wildman–Crippen MR) is 57.5 cm³/mol. The summed E-state index contributed by atoms with van der Waals surface area (Å²) >= 11 is 0. The molecule has 14 heavy (non-hydrogen) atoms. The zero-order valence-corrected chi connectivity index (χ0v) is 8.63. The molecule has 1 unspecified atom stereocenters. The number of nitrogens with two attached hydrogens (primary N) is 1. The van der Waals surface area contributed by atoms with Crippen molar-refractivity contribution in [3.05, 3.63) is 23.3 Å². The van der Waals surface area contributed by atoms with Crippen LogP contribution in [0.25, 0.3) is 0 Å². The molecule has 0 radical (unpaired) electrons. The van der Waals surface area contributed by atoms with Crippen molar-refractivity contribution in [2.45, 2.75) is 19.4 Å². The van der Waals surface area contributed by atoms with Crippen LogP contribution in [-0.2, 0) is 6.42 Å². The second-order valence-electron chi connectivity index (χ2n) is 3.72. The van der Waals surface area contributed by atoms with E-state index in [2.05, 4.69) is 12.2 Å². The number of nitrogens with one attached hydrogen (secondary N) is 1. The van der Waals surface area contributed by atoms with E-state index < -0.39 is 0 Å². The fourth-order valence-corrected chi connectivity index (χ4v) is 1.99. The molecule has 0 saturated heterocycles. The summed E-state index contributed by atoms with van der Waals surface area (Å²) < 4.78 is 5.21. The third-order valence-corrected chi connectivity index (χ3v) is 2.80. The second-order valence-corrected chi connectivity index (χ2v) is 3.72. The number of nitrogen functional groups attached to an aromatic ring is 1. The monoisotopic (exact) mass is 192 g/mol. The van der Waals surface area contributed by atoms with Gasteiger partial charge in [0.2, 0.25) is 0 Å². The van der Waals surface area contributed by atoms with Gasteiger partial charge in [-0.15, -0.1) is 0 Å². The largest absolute Gasteiger partial charge is 0.495 e. The first kappa shape index (κ1) is 9.34. The van der Waals surface area contributed by atoms with Gasteiger partial charge in [0.05, 0.1) is 12.8 Å². The third kappa shape index (κ3) is 1.44. The Kier molecular flexibility index (Phi) is 2.33. The van der Waals surface area contributed by atoms with Gasteiger partial charge in [0.1, 0.15) is 5.75 Å². The Morgan fingerprint density at radius 3 is 3.00 bits per heavy atom. The van der Waals surface area contributed by atoms with E-state index in [0.29, 0.717) is 6.04 Å². The molecule has 1 heterocycles. The lowest BCUT2D eigenvalue weighted by atomic mass is 9.94. The fraction of sp³-hybridized carbons (Fsp3) is 0.455. The highest BCUT2D eigenvalue weighted by Crippen LogP contribution is 2.31. The summed E-state index contributed by atoms with van der Waals surface area (Å²) in [5, 5.41) is 3.41. The summed E-state index contributed by atoms with van der Waals surface area (Å²) in [6.07, 6.45) is 1.05. The van der Waals surface area contributed by atoms with Crippen molar-refractivity contribution in [1.29, 1.82) is 0 Å². The highest BCUT2D eigenvalue weighted by Gasteiger charge is 2.17. The molecule has 0 spiro atoms. The van der Waals surface area contributed by atoms with E-state index in [9.17, 15) is 0 Å². The van der Waals surface area contributed by atoms with Crippen LogP contribution in [-0.4, -0.2) is 13.7 Å². The Bertz CT molecular complexity index is 349. The quantitative estimate of drug-likeness (QED) is 0.663. The number of rotatable bonds is 1. The molecule has 0 aliphatic carbocycles. The molecule has 1 aromatic carbocycles. The summed E-state index contributed by atoms with van der Waals surface area (Å²) in [5.41, 5.74) is 9.24. The SMILES string of the molecule is COc1cc2c(cc1N)CCNC2C. The van der Waals surface area contributed by atoms with Crippen molar-refractivity contribution in [3.8, 4) is 5.75 Å². The maximum Gasteiger partial charge on any atom is 0.142 e. The maximum absolute atomic E-state index is 5.86. The van der Waals surface area contributed by atoms with Gasteiger partial charge in [-0.05, 0) is 43.1 Å². The van der Waals surface area contributed by atoms with Crippen LogP contribution in [0.3, 0.4) is 0 Å². The minimum atomic E-state index is 0.397. The van der Waals surface area contributed by atoms with Gasteiger partial charge in [0.15, 0.2) is 0 Å². The van der Waals surface area contributed by atoms with Crippen molar-refractivity contribution >= 4 is 5.69 Å². The zero-order chi connectivity index (χ0) is 10.1. The van der Waals surface area contributed by atoms with E-state index in [4.69, 9.17) is 10.5 Å². The van der Waals surface area contributed by atoms with Gasteiger partial charge in [-0.25, -0.2) is 0 Å². The second kappa shape index (κ2) is 3.50. The molecule has 0 bridgehead atoms. The van der Waals surface area contributed by atoms with Crippen LogP contribution in [0.15, 0.2) is 12.1 Å². The maximum atomic E-state index is 5.86. The highest BCUT2D eigenvalue weighted by molar-refractivity contribution is 5.58. The van der Waals surface area contributed by atoms with Gasteiger partial charge < -0.3 is 15.8 Å². The lowest BCUT2D eigenvalue weighted by Gasteiger charge is -2.25. The first-order chi connectivity index (χ1) is 6.72. The van der Waals surface area contributed by atoms with Crippen LogP contribution in [0.5, 0.6) is 5.75 Å². The van der Waals surface area contributed by atoms with Gasteiger partial charge in [0, 0.05) is 6.04 Å². The smallest absolute Gasteiger partial charge is 0.142 e. The average Bonchev–Trinajstić information content (AvgIpc) is 2.17. The minimum Gasteiger partial charge on any atom is -0.495 e. The number of hydrogen-bond acceptors (Lipinski definition) is 3.